The second-order valence-electron chi connectivity index (χ2n) is 3.42. The predicted molar refractivity (Wildman–Crippen MR) is 62.7 cm³/mol. The molecule has 1 N–H and O–H groups in total. The van der Waals surface area contributed by atoms with Crippen molar-refractivity contribution in [2.24, 2.45) is 0 Å². The molecular formula is C12H18OS. The summed E-state index contributed by atoms with van der Waals surface area (Å²) in [6.07, 6.45) is 2.10. The first-order valence-corrected chi connectivity index (χ1v) is 6.14. The molecule has 0 aliphatic heterocycles. The summed E-state index contributed by atoms with van der Waals surface area (Å²) in [4.78, 5) is 1.22. The largest absolute Gasteiger partial charge is 0.389 e. The van der Waals surface area contributed by atoms with Gasteiger partial charge in [-0.2, -0.15) is 0 Å². The highest BCUT2D eigenvalue weighted by molar-refractivity contribution is 7.99. The van der Waals surface area contributed by atoms with Crippen molar-refractivity contribution < 1.29 is 5.11 Å². The Morgan fingerprint density at radius 3 is 2.71 bits per heavy atom. The Kier molecular flexibility index (Phi) is 5.05. The van der Waals surface area contributed by atoms with Gasteiger partial charge >= 0.3 is 0 Å². The van der Waals surface area contributed by atoms with E-state index in [0.717, 1.165) is 11.3 Å². The van der Waals surface area contributed by atoms with Crippen LogP contribution in [0.2, 0.25) is 0 Å². The lowest BCUT2D eigenvalue weighted by atomic mass is 10.1. The summed E-state index contributed by atoms with van der Waals surface area (Å²) in [5.74, 6) is 1.14. The first kappa shape index (κ1) is 11.6. The average molecular weight is 210 g/mol. The first-order chi connectivity index (χ1) is 6.75. The van der Waals surface area contributed by atoms with Crippen molar-refractivity contribution in [3.8, 4) is 0 Å². The maximum Gasteiger partial charge on any atom is 0.0772 e. The van der Waals surface area contributed by atoms with Crippen molar-refractivity contribution in [3.63, 3.8) is 0 Å². The minimum atomic E-state index is -0.361. The fraction of sp³-hybridized carbons (Fsp3) is 0.500. The summed E-state index contributed by atoms with van der Waals surface area (Å²) in [6.45, 7) is 4.01. The molecule has 1 atom stereocenters. The number of aliphatic hydroxyl groups excluding tert-OH is 1. The number of hydrogen-bond acceptors (Lipinski definition) is 2. The lowest BCUT2D eigenvalue weighted by Crippen LogP contribution is -1.93. The highest BCUT2D eigenvalue weighted by Crippen LogP contribution is 2.27. The van der Waals surface area contributed by atoms with E-state index in [9.17, 15) is 5.11 Å². The standard InChI is InChI=1S/C12H18OS/c1-3-4-9-14-12-8-6-5-7-11(12)10(2)13/h5-8,10,13H,3-4,9H2,1-2H3/t10-/m0/s1. The second kappa shape index (κ2) is 6.10. The lowest BCUT2D eigenvalue weighted by molar-refractivity contribution is 0.196. The zero-order valence-corrected chi connectivity index (χ0v) is 9.68. The molecule has 0 heterocycles. The Labute approximate surface area is 90.5 Å². The van der Waals surface area contributed by atoms with Crippen LogP contribution in [0, 0.1) is 0 Å². The zero-order valence-electron chi connectivity index (χ0n) is 8.86. The molecule has 0 aliphatic carbocycles. The number of hydrogen-bond donors (Lipinski definition) is 1. The molecule has 14 heavy (non-hydrogen) atoms. The van der Waals surface area contributed by atoms with Gasteiger partial charge in [0.1, 0.15) is 0 Å². The van der Waals surface area contributed by atoms with E-state index in [1.807, 2.05) is 36.9 Å². The van der Waals surface area contributed by atoms with Gasteiger partial charge in [0, 0.05) is 4.90 Å². The van der Waals surface area contributed by atoms with Crippen molar-refractivity contribution in [2.45, 2.75) is 37.7 Å². The molecule has 0 amide bonds. The molecule has 1 nitrogen and oxygen atoms in total. The maximum atomic E-state index is 9.55. The molecule has 0 saturated heterocycles. The van der Waals surface area contributed by atoms with Crippen LogP contribution in [0.15, 0.2) is 29.2 Å². The minimum absolute atomic E-state index is 0.361. The third-order valence-corrected chi connectivity index (χ3v) is 3.30. The molecule has 0 fully saturated rings. The molecule has 0 saturated carbocycles. The Morgan fingerprint density at radius 1 is 1.36 bits per heavy atom. The molecule has 1 aromatic carbocycles. The van der Waals surface area contributed by atoms with Crippen LogP contribution in [-0.4, -0.2) is 10.9 Å². The Morgan fingerprint density at radius 2 is 2.07 bits per heavy atom. The highest BCUT2D eigenvalue weighted by Gasteiger charge is 2.06. The van der Waals surface area contributed by atoms with E-state index in [1.54, 1.807) is 0 Å². The van der Waals surface area contributed by atoms with E-state index in [1.165, 1.54) is 17.7 Å². The summed E-state index contributed by atoms with van der Waals surface area (Å²) in [5, 5.41) is 9.55. The van der Waals surface area contributed by atoms with Gasteiger partial charge in [-0.1, -0.05) is 31.5 Å². The number of aliphatic hydroxyl groups is 1. The van der Waals surface area contributed by atoms with Gasteiger partial charge in [0.25, 0.3) is 0 Å². The van der Waals surface area contributed by atoms with Crippen LogP contribution in [0.1, 0.15) is 38.4 Å². The normalized spacial score (nSPS) is 12.8. The zero-order chi connectivity index (χ0) is 10.4. The third kappa shape index (κ3) is 3.35. The molecular weight excluding hydrogens is 192 g/mol. The molecule has 1 aromatic rings. The lowest BCUT2D eigenvalue weighted by Gasteiger charge is -2.10. The molecule has 0 aliphatic rings. The van der Waals surface area contributed by atoms with Gasteiger partial charge in [-0.25, -0.2) is 0 Å². The van der Waals surface area contributed by atoms with Crippen LogP contribution in [0.4, 0.5) is 0 Å². The molecule has 1 rings (SSSR count). The molecule has 0 bridgehead atoms. The summed E-state index contributed by atoms with van der Waals surface area (Å²) in [6, 6.07) is 8.09. The number of rotatable bonds is 5. The van der Waals surface area contributed by atoms with E-state index < -0.39 is 0 Å². The summed E-state index contributed by atoms with van der Waals surface area (Å²) >= 11 is 1.84. The highest BCUT2D eigenvalue weighted by atomic mass is 32.2. The second-order valence-corrected chi connectivity index (χ2v) is 4.55. The van der Waals surface area contributed by atoms with Crippen LogP contribution in [-0.2, 0) is 0 Å². The topological polar surface area (TPSA) is 20.2 Å². The Bertz CT molecular complexity index is 271. The van der Waals surface area contributed by atoms with Gasteiger partial charge in [0.05, 0.1) is 6.10 Å². The van der Waals surface area contributed by atoms with E-state index in [0.29, 0.717) is 0 Å². The maximum absolute atomic E-state index is 9.55. The summed E-state index contributed by atoms with van der Waals surface area (Å²) in [5.41, 5.74) is 1.05. The molecule has 2 heteroatoms. The van der Waals surface area contributed by atoms with Crippen LogP contribution >= 0.6 is 11.8 Å². The summed E-state index contributed by atoms with van der Waals surface area (Å²) < 4.78 is 0. The van der Waals surface area contributed by atoms with Gasteiger partial charge in [-0.15, -0.1) is 11.8 Å². The van der Waals surface area contributed by atoms with E-state index >= 15 is 0 Å². The Balaban J connectivity index is 2.64. The van der Waals surface area contributed by atoms with Gasteiger partial charge in [-0.05, 0) is 30.7 Å². The SMILES string of the molecule is CCCCSc1ccccc1[C@H](C)O. The Hall–Kier alpha value is -0.470. The fourth-order valence-electron chi connectivity index (χ4n) is 1.28. The van der Waals surface area contributed by atoms with Crippen molar-refractivity contribution >= 4 is 11.8 Å². The molecule has 0 aromatic heterocycles. The van der Waals surface area contributed by atoms with Crippen LogP contribution in [0.25, 0.3) is 0 Å². The third-order valence-electron chi connectivity index (χ3n) is 2.12. The summed E-state index contributed by atoms with van der Waals surface area (Å²) in [7, 11) is 0. The predicted octanol–water partition coefficient (Wildman–Crippen LogP) is 3.63. The molecule has 78 valence electrons. The quantitative estimate of drug-likeness (QED) is 0.591. The van der Waals surface area contributed by atoms with E-state index in [4.69, 9.17) is 0 Å². The van der Waals surface area contributed by atoms with Gasteiger partial charge < -0.3 is 5.11 Å². The number of thioether (sulfide) groups is 1. The van der Waals surface area contributed by atoms with Crippen molar-refractivity contribution in [2.75, 3.05) is 5.75 Å². The van der Waals surface area contributed by atoms with Crippen LogP contribution in [0.3, 0.4) is 0 Å². The van der Waals surface area contributed by atoms with Crippen LogP contribution in [0.5, 0.6) is 0 Å². The average Bonchev–Trinajstić information content (AvgIpc) is 2.19. The van der Waals surface area contributed by atoms with Gasteiger partial charge in [0.2, 0.25) is 0 Å². The van der Waals surface area contributed by atoms with Gasteiger partial charge in [0.15, 0.2) is 0 Å². The molecule has 0 unspecified atom stereocenters. The van der Waals surface area contributed by atoms with Crippen molar-refractivity contribution in [1.82, 2.24) is 0 Å². The van der Waals surface area contributed by atoms with Gasteiger partial charge in [-0.3, -0.25) is 0 Å². The first-order valence-electron chi connectivity index (χ1n) is 5.15. The van der Waals surface area contributed by atoms with E-state index in [2.05, 4.69) is 13.0 Å². The van der Waals surface area contributed by atoms with Crippen LogP contribution < -0.4 is 0 Å². The molecule has 0 radical (unpaired) electrons. The fourth-order valence-corrected chi connectivity index (χ4v) is 2.52. The van der Waals surface area contributed by atoms with E-state index in [-0.39, 0.29) is 6.10 Å². The smallest absolute Gasteiger partial charge is 0.0772 e. The molecule has 0 spiro atoms. The monoisotopic (exact) mass is 210 g/mol. The minimum Gasteiger partial charge on any atom is -0.389 e. The van der Waals surface area contributed by atoms with Crippen molar-refractivity contribution in [1.29, 1.82) is 0 Å². The number of benzene rings is 1. The van der Waals surface area contributed by atoms with Crippen molar-refractivity contribution in [3.05, 3.63) is 29.8 Å². The number of unbranched alkanes of at least 4 members (excludes halogenated alkanes) is 1.